The van der Waals surface area contributed by atoms with Gasteiger partial charge in [-0.2, -0.15) is 5.10 Å². The maximum Gasteiger partial charge on any atom is 0.494 e. The molecular formula is C20H27BN2O2. The van der Waals surface area contributed by atoms with Crippen LogP contribution in [0.15, 0.2) is 43.0 Å². The van der Waals surface area contributed by atoms with E-state index in [1.54, 1.807) is 0 Å². The van der Waals surface area contributed by atoms with Crippen molar-refractivity contribution < 1.29 is 9.31 Å². The summed E-state index contributed by atoms with van der Waals surface area (Å²) < 4.78 is 14.4. The summed E-state index contributed by atoms with van der Waals surface area (Å²) in [4.78, 5) is 0. The van der Waals surface area contributed by atoms with Crippen molar-refractivity contribution in [2.75, 3.05) is 0 Å². The maximum atomic E-state index is 6.18. The normalized spacial score (nSPS) is 18.5. The first-order valence-electron chi connectivity index (χ1n) is 8.86. The van der Waals surface area contributed by atoms with Crippen LogP contribution in [-0.4, -0.2) is 28.1 Å². The summed E-state index contributed by atoms with van der Waals surface area (Å²) in [5.41, 5.74) is 3.55. The highest BCUT2D eigenvalue weighted by molar-refractivity contribution is 6.62. The number of aryl methyl sites for hydroxylation is 2. The molecule has 0 bridgehead atoms. The third kappa shape index (κ3) is 3.44. The number of allylic oxidation sites excluding steroid dienone is 1. The van der Waals surface area contributed by atoms with Gasteiger partial charge in [0.25, 0.3) is 0 Å². The molecule has 1 aliphatic rings. The Morgan fingerprint density at radius 1 is 1.16 bits per heavy atom. The lowest BCUT2D eigenvalue weighted by molar-refractivity contribution is 0.00578. The minimum absolute atomic E-state index is 0.342. The van der Waals surface area contributed by atoms with E-state index in [4.69, 9.17) is 9.31 Å². The first kappa shape index (κ1) is 18.0. The maximum absolute atomic E-state index is 6.18. The number of benzene rings is 1. The molecule has 2 heterocycles. The summed E-state index contributed by atoms with van der Waals surface area (Å²) in [6.07, 6.45) is 3.79. The fourth-order valence-corrected chi connectivity index (χ4v) is 2.99. The molecule has 1 aliphatic heterocycles. The molecule has 5 heteroatoms. The van der Waals surface area contributed by atoms with Crippen LogP contribution < -0.4 is 5.46 Å². The Morgan fingerprint density at radius 2 is 1.84 bits per heavy atom. The molecule has 1 fully saturated rings. The quantitative estimate of drug-likeness (QED) is 0.617. The predicted molar refractivity (Wildman–Crippen MR) is 103 cm³/mol. The van der Waals surface area contributed by atoms with Gasteiger partial charge < -0.3 is 9.31 Å². The minimum atomic E-state index is -0.363. The van der Waals surface area contributed by atoms with E-state index in [9.17, 15) is 0 Å². The Bertz CT molecular complexity index is 764. The van der Waals surface area contributed by atoms with Gasteiger partial charge in [-0.15, -0.1) is 6.58 Å². The van der Waals surface area contributed by atoms with Crippen LogP contribution in [0, 0.1) is 6.92 Å². The van der Waals surface area contributed by atoms with Crippen molar-refractivity contribution in [3.8, 4) is 5.69 Å². The third-order valence-corrected chi connectivity index (χ3v) is 5.15. The van der Waals surface area contributed by atoms with Gasteiger partial charge in [0.1, 0.15) is 0 Å². The molecule has 4 nitrogen and oxygen atoms in total. The number of rotatable bonds is 5. The molecule has 0 unspecified atom stereocenters. The van der Waals surface area contributed by atoms with Gasteiger partial charge in [0.2, 0.25) is 0 Å². The molecule has 25 heavy (non-hydrogen) atoms. The van der Waals surface area contributed by atoms with E-state index in [1.807, 2.05) is 29.8 Å². The zero-order valence-electron chi connectivity index (χ0n) is 15.9. The lowest BCUT2D eigenvalue weighted by Gasteiger charge is -2.32. The largest absolute Gasteiger partial charge is 0.494 e. The van der Waals surface area contributed by atoms with E-state index < -0.39 is 0 Å². The van der Waals surface area contributed by atoms with Gasteiger partial charge >= 0.3 is 7.12 Å². The predicted octanol–water partition coefficient (Wildman–Crippen LogP) is 3.60. The van der Waals surface area contributed by atoms with Crippen molar-refractivity contribution >= 4 is 12.6 Å². The molecule has 2 aromatic rings. The van der Waals surface area contributed by atoms with E-state index in [2.05, 4.69) is 57.6 Å². The molecule has 1 aromatic carbocycles. The molecule has 1 saturated heterocycles. The topological polar surface area (TPSA) is 36.3 Å². The van der Waals surface area contributed by atoms with Crippen LogP contribution in [0.2, 0.25) is 0 Å². The van der Waals surface area contributed by atoms with Crippen LogP contribution in [0.1, 0.15) is 45.5 Å². The molecule has 0 amide bonds. The summed E-state index contributed by atoms with van der Waals surface area (Å²) >= 11 is 0. The standard InChI is InChI=1S/C20H27BN2O2/c1-7-8-11-17-13-15(2)22-23(17)18-12-9-10-16(14-18)21-24-19(3,4)20(5,6)25-21/h7,9-10,12-14H,1,8,11H2,2-6H3. The average molecular weight is 338 g/mol. The number of hydrogen-bond acceptors (Lipinski definition) is 3. The highest BCUT2D eigenvalue weighted by atomic mass is 16.7. The van der Waals surface area contributed by atoms with E-state index in [0.29, 0.717) is 0 Å². The molecule has 0 saturated carbocycles. The SMILES string of the molecule is C=CCCc1cc(C)nn1-c1cccc(B2OC(C)(C)C(C)(C)O2)c1. The van der Waals surface area contributed by atoms with Gasteiger partial charge in [0.15, 0.2) is 0 Å². The number of nitrogens with zero attached hydrogens (tertiary/aromatic N) is 2. The van der Waals surface area contributed by atoms with Crippen LogP contribution in [0.3, 0.4) is 0 Å². The fourth-order valence-electron chi connectivity index (χ4n) is 2.99. The van der Waals surface area contributed by atoms with Gasteiger partial charge in [0.05, 0.1) is 22.6 Å². The van der Waals surface area contributed by atoms with Crippen molar-refractivity contribution in [1.29, 1.82) is 0 Å². The zero-order valence-corrected chi connectivity index (χ0v) is 15.9. The Kier molecular flexibility index (Phi) is 4.65. The summed E-state index contributed by atoms with van der Waals surface area (Å²) in [6, 6.07) is 10.4. The molecule has 0 spiro atoms. The second kappa shape index (κ2) is 6.47. The summed E-state index contributed by atoms with van der Waals surface area (Å²) in [5, 5.41) is 4.66. The van der Waals surface area contributed by atoms with Crippen LogP contribution in [0.25, 0.3) is 5.69 Å². The molecule has 3 rings (SSSR count). The first-order valence-corrected chi connectivity index (χ1v) is 8.86. The molecule has 0 radical (unpaired) electrons. The van der Waals surface area contributed by atoms with E-state index in [1.165, 1.54) is 5.69 Å². The first-order chi connectivity index (χ1) is 11.7. The van der Waals surface area contributed by atoms with Gasteiger partial charge in [-0.3, -0.25) is 0 Å². The van der Waals surface area contributed by atoms with Crippen LogP contribution in [0.5, 0.6) is 0 Å². The summed E-state index contributed by atoms with van der Waals surface area (Å²) in [7, 11) is -0.363. The summed E-state index contributed by atoms with van der Waals surface area (Å²) in [6.45, 7) is 14.1. The fraction of sp³-hybridized carbons (Fsp3) is 0.450. The second-order valence-electron chi connectivity index (χ2n) is 7.70. The van der Waals surface area contributed by atoms with Gasteiger partial charge in [-0.05, 0) is 71.1 Å². The molecular weight excluding hydrogens is 311 g/mol. The van der Waals surface area contributed by atoms with Crippen molar-refractivity contribution in [3.05, 3.63) is 54.4 Å². The highest BCUT2D eigenvalue weighted by Crippen LogP contribution is 2.36. The monoisotopic (exact) mass is 338 g/mol. The van der Waals surface area contributed by atoms with Crippen LogP contribution in [-0.2, 0) is 15.7 Å². The molecule has 0 aliphatic carbocycles. The van der Waals surface area contributed by atoms with Crippen LogP contribution in [0.4, 0.5) is 0 Å². The van der Waals surface area contributed by atoms with Crippen LogP contribution >= 0.6 is 0 Å². The molecule has 132 valence electrons. The molecule has 0 atom stereocenters. The Morgan fingerprint density at radius 3 is 2.48 bits per heavy atom. The summed E-state index contributed by atoms with van der Waals surface area (Å²) in [5.74, 6) is 0. The van der Waals surface area contributed by atoms with E-state index in [-0.39, 0.29) is 18.3 Å². The highest BCUT2D eigenvalue weighted by Gasteiger charge is 2.51. The Hall–Kier alpha value is -1.85. The van der Waals surface area contributed by atoms with Gasteiger partial charge in [-0.1, -0.05) is 18.2 Å². The third-order valence-electron chi connectivity index (χ3n) is 5.15. The van der Waals surface area contributed by atoms with Gasteiger partial charge in [0, 0.05) is 5.69 Å². The Balaban J connectivity index is 1.92. The number of hydrogen-bond donors (Lipinski definition) is 0. The minimum Gasteiger partial charge on any atom is -0.399 e. The van der Waals surface area contributed by atoms with Crippen molar-refractivity contribution in [3.63, 3.8) is 0 Å². The lowest BCUT2D eigenvalue weighted by atomic mass is 9.79. The van der Waals surface area contributed by atoms with E-state index in [0.717, 1.165) is 29.7 Å². The smallest absolute Gasteiger partial charge is 0.399 e. The molecule has 0 N–H and O–H groups in total. The lowest BCUT2D eigenvalue weighted by Crippen LogP contribution is -2.41. The van der Waals surface area contributed by atoms with Crippen molar-refractivity contribution in [2.24, 2.45) is 0 Å². The average Bonchev–Trinajstić information content (AvgIpc) is 3.02. The van der Waals surface area contributed by atoms with Gasteiger partial charge in [-0.25, -0.2) is 4.68 Å². The number of aromatic nitrogens is 2. The second-order valence-corrected chi connectivity index (χ2v) is 7.70. The van der Waals surface area contributed by atoms with E-state index >= 15 is 0 Å². The van der Waals surface area contributed by atoms with Crippen molar-refractivity contribution in [1.82, 2.24) is 9.78 Å². The Labute approximate surface area is 151 Å². The van der Waals surface area contributed by atoms with Crippen molar-refractivity contribution in [2.45, 2.75) is 58.7 Å². The zero-order chi connectivity index (χ0) is 18.2. The molecule has 1 aromatic heterocycles.